The van der Waals surface area contributed by atoms with Gasteiger partial charge in [-0.15, -0.1) is 0 Å². The van der Waals surface area contributed by atoms with E-state index < -0.39 is 0 Å². The summed E-state index contributed by atoms with van der Waals surface area (Å²) in [5.74, 6) is 0.142. The second kappa shape index (κ2) is 6.86. The molecule has 0 aliphatic carbocycles. The molecule has 1 unspecified atom stereocenters. The van der Waals surface area contributed by atoms with Crippen molar-refractivity contribution in [2.45, 2.75) is 25.3 Å². The normalized spacial score (nSPS) is 18.0. The van der Waals surface area contributed by atoms with Crippen LogP contribution >= 0.6 is 0 Å². The Bertz CT molecular complexity index is 652. The minimum atomic E-state index is 0.142. The van der Waals surface area contributed by atoms with E-state index in [1.54, 1.807) is 4.68 Å². The zero-order chi connectivity index (χ0) is 16.2. The van der Waals surface area contributed by atoms with Crippen LogP contribution in [0.4, 0.5) is 5.69 Å². The van der Waals surface area contributed by atoms with E-state index in [-0.39, 0.29) is 11.9 Å². The van der Waals surface area contributed by atoms with Crippen molar-refractivity contribution in [3.05, 3.63) is 48.3 Å². The van der Waals surface area contributed by atoms with Crippen LogP contribution in [0.15, 0.2) is 42.6 Å². The Morgan fingerprint density at radius 3 is 2.78 bits per heavy atom. The molecule has 3 rings (SSSR count). The maximum Gasteiger partial charge on any atom is 0.228 e. The summed E-state index contributed by atoms with van der Waals surface area (Å²) in [5.41, 5.74) is 2.07. The van der Waals surface area contributed by atoms with Crippen LogP contribution in [0.5, 0.6) is 0 Å². The minimum Gasteiger partial charge on any atom is -0.369 e. The first-order chi connectivity index (χ1) is 11.1. The molecule has 1 atom stereocenters. The van der Waals surface area contributed by atoms with Gasteiger partial charge in [0.15, 0.2) is 0 Å². The van der Waals surface area contributed by atoms with Crippen LogP contribution in [0.25, 0.3) is 0 Å². The van der Waals surface area contributed by atoms with Crippen molar-refractivity contribution in [1.82, 2.24) is 14.7 Å². The lowest BCUT2D eigenvalue weighted by Crippen LogP contribution is -2.49. The zero-order valence-corrected chi connectivity index (χ0v) is 13.9. The van der Waals surface area contributed by atoms with E-state index in [4.69, 9.17) is 0 Å². The van der Waals surface area contributed by atoms with E-state index in [2.05, 4.69) is 34.3 Å². The van der Waals surface area contributed by atoms with Crippen LogP contribution in [0.2, 0.25) is 0 Å². The molecule has 1 aliphatic heterocycles. The van der Waals surface area contributed by atoms with Crippen molar-refractivity contribution >= 4 is 11.6 Å². The Labute approximate surface area is 137 Å². The number of aromatic nitrogens is 2. The molecule has 1 saturated heterocycles. The number of nitrogens with zero attached hydrogens (tertiary/aromatic N) is 4. The van der Waals surface area contributed by atoms with Gasteiger partial charge in [-0.05, 0) is 31.0 Å². The fourth-order valence-electron chi connectivity index (χ4n) is 3.18. The van der Waals surface area contributed by atoms with Gasteiger partial charge in [0.05, 0.1) is 12.1 Å². The van der Waals surface area contributed by atoms with E-state index in [0.29, 0.717) is 6.42 Å². The third-order valence-electron chi connectivity index (χ3n) is 4.56. The fourth-order valence-corrected chi connectivity index (χ4v) is 3.18. The summed E-state index contributed by atoms with van der Waals surface area (Å²) in [6, 6.07) is 12.6. The van der Waals surface area contributed by atoms with Gasteiger partial charge >= 0.3 is 0 Å². The molecule has 122 valence electrons. The highest BCUT2D eigenvalue weighted by atomic mass is 16.2. The maximum absolute atomic E-state index is 12.5. The van der Waals surface area contributed by atoms with Crippen LogP contribution in [-0.2, 0) is 18.3 Å². The zero-order valence-electron chi connectivity index (χ0n) is 13.9. The van der Waals surface area contributed by atoms with E-state index in [9.17, 15) is 4.79 Å². The van der Waals surface area contributed by atoms with Gasteiger partial charge < -0.3 is 9.80 Å². The van der Waals surface area contributed by atoms with Gasteiger partial charge in [-0.2, -0.15) is 5.10 Å². The van der Waals surface area contributed by atoms with Gasteiger partial charge in [0.1, 0.15) is 0 Å². The predicted octanol–water partition coefficient (Wildman–Crippen LogP) is 2.09. The SMILES string of the molecule is CN(C(=O)Cc1ccn(C)n1)C1CCCN(c2ccccc2)C1. The minimum absolute atomic E-state index is 0.142. The lowest BCUT2D eigenvalue weighted by Gasteiger charge is -2.38. The number of amides is 1. The topological polar surface area (TPSA) is 41.4 Å². The Morgan fingerprint density at radius 1 is 1.30 bits per heavy atom. The second-order valence-electron chi connectivity index (χ2n) is 6.24. The molecule has 5 heteroatoms. The lowest BCUT2D eigenvalue weighted by atomic mass is 10.0. The highest BCUT2D eigenvalue weighted by Crippen LogP contribution is 2.22. The monoisotopic (exact) mass is 312 g/mol. The van der Waals surface area contributed by atoms with Crippen LogP contribution in [0, 0.1) is 0 Å². The molecule has 2 heterocycles. The van der Waals surface area contributed by atoms with Gasteiger partial charge in [0.25, 0.3) is 0 Å². The van der Waals surface area contributed by atoms with E-state index in [1.807, 2.05) is 37.3 Å². The second-order valence-corrected chi connectivity index (χ2v) is 6.24. The number of anilines is 1. The summed E-state index contributed by atoms with van der Waals surface area (Å²) < 4.78 is 1.74. The first kappa shape index (κ1) is 15.6. The van der Waals surface area contributed by atoms with E-state index in [0.717, 1.165) is 31.6 Å². The number of rotatable bonds is 4. The fraction of sp³-hybridized carbons (Fsp3) is 0.444. The number of carbonyl (C=O) groups excluding carboxylic acids is 1. The number of para-hydroxylation sites is 1. The predicted molar refractivity (Wildman–Crippen MR) is 91.4 cm³/mol. The number of aryl methyl sites for hydroxylation is 1. The molecule has 0 N–H and O–H groups in total. The molecule has 0 spiro atoms. The van der Waals surface area contributed by atoms with Gasteiger partial charge in [-0.25, -0.2) is 0 Å². The molecule has 1 aromatic heterocycles. The Morgan fingerprint density at radius 2 is 2.09 bits per heavy atom. The summed E-state index contributed by atoms with van der Waals surface area (Å²) in [6.45, 7) is 1.96. The molecule has 1 aliphatic rings. The average molecular weight is 312 g/mol. The highest BCUT2D eigenvalue weighted by molar-refractivity contribution is 5.78. The van der Waals surface area contributed by atoms with Gasteiger partial charge in [0.2, 0.25) is 5.91 Å². The Hall–Kier alpha value is -2.30. The van der Waals surface area contributed by atoms with Crippen molar-refractivity contribution < 1.29 is 4.79 Å². The van der Waals surface area contributed by atoms with Crippen molar-refractivity contribution in [3.63, 3.8) is 0 Å². The largest absolute Gasteiger partial charge is 0.369 e. The van der Waals surface area contributed by atoms with Crippen molar-refractivity contribution in [2.75, 3.05) is 25.0 Å². The first-order valence-corrected chi connectivity index (χ1v) is 8.17. The van der Waals surface area contributed by atoms with Crippen molar-refractivity contribution in [1.29, 1.82) is 0 Å². The van der Waals surface area contributed by atoms with Crippen LogP contribution in [0.3, 0.4) is 0 Å². The third kappa shape index (κ3) is 3.73. The Balaban J connectivity index is 1.62. The van der Waals surface area contributed by atoms with Crippen molar-refractivity contribution in [2.24, 2.45) is 7.05 Å². The first-order valence-electron chi connectivity index (χ1n) is 8.17. The van der Waals surface area contributed by atoms with Crippen molar-refractivity contribution in [3.8, 4) is 0 Å². The van der Waals surface area contributed by atoms with Gasteiger partial charge in [-0.3, -0.25) is 9.48 Å². The standard InChI is InChI=1S/C18H24N4O/c1-20-12-10-15(19-20)13-18(23)21(2)17-9-6-11-22(14-17)16-7-4-3-5-8-16/h3-5,7-8,10,12,17H,6,9,11,13-14H2,1-2H3. The molecule has 0 saturated carbocycles. The highest BCUT2D eigenvalue weighted by Gasteiger charge is 2.26. The Kier molecular flexibility index (Phi) is 4.65. The number of hydrogen-bond donors (Lipinski definition) is 0. The van der Waals surface area contributed by atoms with Crippen LogP contribution in [-0.4, -0.2) is 46.8 Å². The smallest absolute Gasteiger partial charge is 0.228 e. The molecule has 0 bridgehead atoms. The number of benzene rings is 1. The molecule has 1 aromatic carbocycles. The van der Waals surface area contributed by atoms with Crippen LogP contribution in [0.1, 0.15) is 18.5 Å². The summed E-state index contributed by atoms with van der Waals surface area (Å²) in [7, 11) is 3.79. The van der Waals surface area contributed by atoms with E-state index in [1.165, 1.54) is 5.69 Å². The van der Waals surface area contributed by atoms with E-state index >= 15 is 0 Å². The number of hydrogen-bond acceptors (Lipinski definition) is 3. The summed E-state index contributed by atoms with van der Waals surface area (Å²) >= 11 is 0. The average Bonchev–Trinajstić information content (AvgIpc) is 3.00. The quantitative estimate of drug-likeness (QED) is 0.868. The molecule has 0 radical (unpaired) electrons. The summed E-state index contributed by atoms with van der Waals surface area (Å²) in [6.07, 6.45) is 4.42. The number of likely N-dealkylation sites (N-methyl/N-ethyl adjacent to an activating group) is 1. The molecule has 5 nitrogen and oxygen atoms in total. The van der Waals surface area contributed by atoms with Crippen LogP contribution < -0.4 is 4.90 Å². The number of piperidine rings is 1. The molecular formula is C18H24N4O. The lowest BCUT2D eigenvalue weighted by molar-refractivity contribution is -0.131. The summed E-state index contributed by atoms with van der Waals surface area (Å²) in [5, 5.41) is 4.30. The molecule has 2 aromatic rings. The maximum atomic E-state index is 12.5. The third-order valence-corrected chi connectivity index (χ3v) is 4.56. The molecule has 1 fully saturated rings. The molecule has 1 amide bonds. The number of carbonyl (C=O) groups is 1. The molecular weight excluding hydrogens is 288 g/mol. The van der Waals surface area contributed by atoms with Gasteiger partial charge in [0, 0.05) is 45.1 Å². The molecule has 23 heavy (non-hydrogen) atoms. The summed E-state index contributed by atoms with van der Waals surface area (Å²) in [4.78, 5) is 16.8. The van der Waals surface area contributed by atoms with Gasteiger partial charge in [-0.1, -0.05) is 18.2 Å².